The van der Waals surface area contributed by atoms with Crippen LogP contribution in [0.15, 0.2) is 14.1 Å². The van der Waals surface area contributed by atoms with E-state index < -0.39 is 10.0 Å². The molecule has 0 aliphatic carbocycles. The first-order valence-electron chi connectivity index (χ1n) is 5.28. The van der Waals surface area contributed by atoms with Crippen molar-refractivity contribution in [3.05, 3.63) is 15.4 Å². The van der Waals surface area contributed by atoms with Gasteiger partial charge in [-0.15, -0.1) is 11.3 Å². The smallest absolute Gasteiger partial charge is 0.206 e. The van der Waals surface area contributed by atoms with Crippen LogP contribution >= 0.6 is 39.0 Å². The molecule has 0 radical (unpaired) electrons. The maximum absolute atomic E-state index is 12.5. The first-order chi connectivity index (χ1) is 7.93. The Bertz CT molecular complexity index is 492. The van der Waals surface area contributed by atoms with E-state index in [9.17, 15) is 8.42 Å². The number of rotatable bonds is 2. The van der Waals surface area contributed by atoms with E-state index in [-0.39, 0.29) is 6.04 Å². The SMILES string of the molecule is Cc1cc(S(=O)(=O)N2CCSCC2C)sc1Br. The van der Waals surface area contributed by atoms with E-state index in [0.717, 1.165) is 20.9 Å². The summed E-state index contributed by atoms with van der Waals surface area (Å²) in [6.07, 6.45) is 0. The normalized spacial score (nSPS) is 22.9. The van der Waals surface area contributed by atoms with E-state index in [0.29, 0.717) is 10.8 Å². The molecule has 0 aromatic carbocycles. The van der Waals surface area contributed by atoms with Crippen LogP contribution in [0.3, 0.4) is 0 Å². The second-order valence-corrected chi connectivity index (χ2v) is 9.70. The Morgan fingerprint density at radius 3 is 2.76 bits per heavy atom. The topological polar surface area (TPSA) is 37.4 Å². The molecule has 1 unspecified atom stereocenters. The van der Waals surface area contributed by atoms with Crippen LogP contribution in [-0.4, -0.2) is 36.8 Å². The molecule has 0 N–H and O–H groups in total. The molecule has 0 spiro atoms. The predicted octanol–water partition coefficient (Wildman–Crippen LogP) is 2.95. The van der Waals surface area contributed by atoms with Gasteiger partial charge in [-0.05, 0) is 41.4 Å². The van der Waals surface area contributed by atoms with E-state index in [2.05, 4.69) is 15.9 Å². The van der Waals surface area contributed by atoms with Crippen molar-refractivity contribution in [1.29, 1.82) is 0 Å². The van der Waals surface area contributed by atoms with Crippen LogP contribution in [0.4, 0.5) is 0 Å². The van der Waals surface area contributed by atoms with Gasteiger partial charge in [-0.25, -0.2) is 8.42 Å². The molecule has 1 saturated heterocycles. The van der Waals surface area contributed by atoms with E-state index in [1.165, 1.54) is 11.3 Å². The van der Waals surface area contributed by atoms with Gasteiger partial charge >= 0.3 is 0 Å². The zero-order valence-corrected chi connectivity index (χ0v) is 13.7. The lowest BCUT2D eigenvalue weighted by atomic mass is 10.4. The quantitative estimate of drug-likeness (QED) is 0.818. The Kier molecular flexibility index (Phi) is 4.24. The molecule has 1 atom stereocenters. The predicted molar refractivity (Wildman–Crippen MR) is 77.4 cm³/mol. The Labute approximate surface area is 119 Å². The minimum Gasteiger partial charge on any atom is -0.206 e. The third-order valence-electron chi connectivity index (χ3n) is 2.70. The van der Waals surface area contributed by atoms with Gasteiger partial charge in [0.25, 0.3) is 10.0 Å². The van der Waals surface area contributed by atoms with Gasteiger partial charge in [0.2, 0.25) is 0 Å². The second-order valence-electron chi connectivity index (χ2n) is 4.06. The van der Waals surface area contributed by atoms with Crippen molar-refractivity contribution < 1.29 is 8.42 Å². The Hall–Kier alpha value is 0.440. The molecule has 1 aliphatic rings. The van der Waals surface area contributed by atoms with Crippen molar-refractivity contribution in [3.8, 4) is 0 Å². The van der Waals surface area contributed by atoms with Gasteiger partial charge in [-0.3, -0.25) is 0 Å². The van der Waals surface area contributed by atoms with Gasteiger partial charge in [-0.2, -0.15) is 16.1 Å². The molecule has 2 heterocycles. The molecule has 0 saturated carbocycles. The van der Waals surface area contributed by atoms with E-state index in [4.69, 9.17) is 0 Å². The molecule has 1 aromatic heterocycles. The highest BCUT2D eigenvalue weighted by molar-refractivity contribution is 9.11. The zero-order valence-electron chi connectivity index (χ0n) is 9.64. The molecule has 1 aromatic rings. The molecule has 17 heavy (non-hydrogen) atoms. The molecule has 96 valence electrons. The second kappa shape index (κ2) is 5.21. The first-order valence-corrected chi connectivity index (χ1v) is 9.49. The summed E-state index contributed by atoms with van der Waals surface area (Å²) in [5.74, 6) is 1.76. The van der Waals surface area contributed by atoms with Crippen LogP contribution in [0.5, 0.6) is 0 Å². The summed E-state index contributed by atoms with van der Waals surface area (Å²) in [6, 6.07) is 1.83. The molecule has 7 heteroatoms. The lowest BCUT2D eigenvalue weighted by Crippen LogP contribution is -2.44. The van der Waals surface area contributed by atoms with E-state index in [1.54, 1.807) is 10.4 Å². The fraction of sp³-hybridized carbons (Fsp3) is 0.600. The Morgan fingerprint density at radius 1 is 1.53 bits per heavy atom. The number of sulfonamides is 1. The van der Waals surface area contributed by atoms with Crippen LogP contribution in [0.25, 0.3) is 0 Å². The van der Waals surface area contributed by atoms with Crippen molar-refractivity contribution in [2.75, 3.05) is 18.1 Å². The monoisotopic (exact) mass is 355 g/mol. The van der Waals surface area contributed by atoms with Crippen molar-refractivity contribution in [2.45, 2.75) is 24.1 Å². The highest BCUT2D eigenvalue weighted by atomic mass is 79.9. The van der Waals surface area contributed by atoms with Crippen molar-refractivity contribution in [1.82, 2.24) is 4.31 Å². The minimum atomic E-state index is -3.30. The number of halogens is 1. The molecule has 3 nitrogen and oxygen atoms in total. The largest absolute Gasteiger partial charge is 0.252 e. The summed E-state index contributed by atoms with van der Waals surface area (Å²) in [5, 5.41) is 0. The first kappa shape index (κ1) is 13.9. The Morgan fingerprint density at radius 2 is 2.24 bits per heavy atom. The summed E-state index contributed by atoms with van der Waals surface area (Å²) in [6.45, 7) is 4.50. The van der Waals surface area contributed by atoms with Crippen molar-refractivity contribution >= 4 is 49.1 Å². The highest BCUT2D eigenvalue weighted by Gasteiger charge is 2.32. The van der Waals surface area contributed by atoms with Crippen molar-refractivity contribution in [3.63, 3.8) is 0 Å². The van der Waals surface area contributed by atoms with Crippen LogP contribution in [-0.2, 0) is 10.0 Å². The number of thiophene rings is 1. The standard InChI is InChI=1S/C10H14BrNO2S3/c1-7-5-9(16-10(7)11)17(13,14)12-3-4-15-6-8(12)2/h5,8H,3-4,6H2,1-2H3. The summed E-state index contributed by atoms with van der Waals surface area (Å²) in [4.78, 5) is 0. The maximum Gasteiger partial charge on any atom is 0.252 e. The lowest BCUT2D eigenvalue weighted by molar-refractivity contribution is 0.368. The molecule has 1 aliphatic heterocycles. The van der Waals surface area contributed by atoms with Crippen LogP contribution in [0, 0.1) is 6.92 Å². The van der Waals surface area contributed by atoms with Crippen LogP contribution < -0.4 is 0 Å². The molecule has 2 rings (SSSR count). The summed E-state index contributed by atoms with van der Waals surface area (Å²) in [5.41, 5.74) is 0.979. The van der Waals surface area contributed by atoms with Gasteiger partial charge in [0.1, 0.15) is 4.21 Å². The fourth-order valence-corrected chi connectivity index (χ4v) is 6.95. The van der Waals surface area contributed by atoms with E-state index in [1.807, 2.05) is 25.6 Å². The summed E-state index contributed by atoms with van der Waals surface area (Å²) in [7, 11) is -3.30. The molecule has 1 fully saturated rings. The maximum atomic E-state index is 12.5. The molecular formula is C10H14BrNO2S3. The average molecular weight is 356 g/mol. The number of hydrogen-bond acceptors (Lipinski definition) is 4. The summed E-state index contributed by atoms with van der Waals surface area (Å²) >= 11 is 6.49. The van der Waals surface area contributed by atoms with Gasteiger partial charge in [-0.1, -0.05) is 0 Å². The molecule has 0 amide bonds. The number of hydrogen-bond donors (Lipinski definition) is 0. The molecule has 0 bridgehead atoms. The fourth-order valence-electron chi connectivity index (χ4n) is 1.74. The van der Waals surface area contributed by atoms with Crippen LogP contribution in [0.1, 0.15) is 12.5 Å². The highest BCUT2D eigenvalue weighted by Crippen LogP contribution is 2.34. The zero-order chi connectivity index (χ0) is 12.6. The number of aryl methyl sites for hydroxylation is 1. The van der Waals surface area contributed by atoms with Gasteiger partial charge in [0.05, 0.1) is 3.79 Å². The lowest BCUT2D eigenvalue weighted by Gasteiger charge is -2.31. The van der Waals surface area contributed by atoms with E-state index >= 15 is 0 Å². The third kappa shape index (κ3) is 2.73. The Balaban J connectivity index is 2.35. The minimum absolute atomic E-state index is 0.0833. The summed E-state index contributed by atoms with van der Waals surface area (Å²) < 4.78 is 27.9. The third-order valence-corrected chi connectivity index (χ3v) is 8.49. The van der Waals surface area contributed by atoms with Gasteiger partial charge < -0.3 is 0 Å². The van der Waals surface area contributed by atoms with Gasteiger partial charge in [0.15, 0.2) is 0 Å². The van der Waals surface area contributed by atoms with Crippen molar-refractivity contribution in [2.24, 2.45) is 0 Å². The molecular weight excluding hydrogens is 342 g/mol. The van der Waals surface area contributed by atoms with Crippen LogP contribution in [0.2, 0.25) is 0 Å². The average Bonchev–Trinajstić information content (AvgIpc) is 2.60. The number of thioether (sulfide) groups is 1. The van der Waals surface area contributed by atoms with Gasteiger partial charge in [0, 0.05) is 24.1 Å². The number of nitrogens with zero attached hydrogens (tertiary/aromatic N) is 1.